The Hall–Kier alpha value is -4.63. The highest BCUT2D eigenvalue weighted by Crippen LogP contribution is 2.27. The Morgan fingerprint density at radius 1 is 0.909 bits per heavy atom. The highest BCUT2D eigenvalue weighted by Gasteiger charge is 2.34. The summed E-state index contributed by atoms with van der Waals surface area (Å²) in [7, 11) is 0. The first-order chi connectivity index (χ1) is 20.7. The predicted octanol–water partition coefficient (Wildman–Crippen LogP) is 2.65. The van der Waals surface area contributed by atoms with Crippen molar-refractivity contribution in [2.24, 2.45) is 11.8 Å². The van der Waals surface area contributed by atoms with Gasteiger partial charge >= 0.3 is 11.8 Å². The molecule has 1 saturated heterocycles. The lowest BCUT2D eigenvalue weighted by Gasteiger charge is -2.25. The SMILES string of the molecule is CC(C)C[C@H](NC(=O)C(=O)Nc1ccc(F)cc1F)C(=O)N[C@@H](C[C@@H]1CCNC1=O)C(=O)COc1c(F)c(F)cc(F)c1F. The number of hydrogen-bond acceptors (Lipinski definition) is 6. The van der Waals surface area contributed by atoms with E-state index in [1.54, 1.807) is 13.8 Å². The summed E-state index contributed by atoms with van der Waals surface area (Å²) in [6, 6.07) is -0.865. The third kappa shape index (κ3) is 8.70. The molecule has 238 valence electrons. The van der Waals surface area contributed by atoms with Gasteiger partial charge in [0.1, 0.15) is 24.3 Å². The normalized spacial score (nSPS) is 15.8. The van der Waals surface area contributed by atoms with Gasteiger partial charge in [0, 0.05) is 24.6 Å². The zero-order valence-corrected chi connectivity index (χ0v) is 23.4. The van der Waals surface area contributed by atoms with Gasteiger partial charge in [-0.1, -0.05) is 13.8 Å². The number of ketones is 1. The topological polar surface area (TPSA) is 143 Å². The quantitative estimate of drug-likeness (QED) is 0.161. The highest BCUT2D eigenvalue weighted by molar-refractivity contribution is 6.40. The number of Topliss-reactive ketones (excluding diaryl/α,β-unsaturated/α-hetero) is 1. The molecule has 4 N–H and O–H groups in total. The van der Waals surface area contributed by atoms with E-state index in [1.165, 1.54) is 0 Å². The maximum absolute atomic E-state index is 14.0. The largest absolute Gasteiger partial charge is 0.479 e. The van der Waals surface area contributed by atoms with E-state index in [0.717, 1.165) is 12.1 Å². The number of amides is 4. The molecule has 16 heteroatoms. The molecule has 1 fully saturated rings. The number of hydrogen-bond donors (Lipinski definition) is 4. The average molecular weight is 631 g/mol. The smallest absolute Gasteiger partial charge is 0.313 e. The number of halogens is 6. The summed E-state index contributed by atoms with van der Waals surface area (Å²) in [6.07, 6.45) is -0.116. The fourth-order valence-electron chi connectivity index (χ4n) is 4.32. The van der Waals surface area contributed by atoms with Gasteiger partial charge < -0.3 is 26.0 Å². The summed E-state index contributed by atoms with van der Waals surface area (Å²) in [5, 5.41) is 8.99. The van der Waals surface area contributed by atoms with Gasteiger partial charge in [0.25, 0.3) is 0 Å². The fourth-order valence-corrected chi connectivity index (χ4v) is 4.32. The van der Waals surface area contributed by atoms with Crippen LogP contribution in [0.25, 0.3) is 0 Å². The molecule has 0 aliphatic carbocycles. The molecule has 2 aromatic carbocycles. The van der Waals surface area contributed by atoms with Crippen molar-refractivity contribution in [1.29, 1.82) is 0 Å². The summed E-state index contributed by atoms with van der Waals surface area (Å²) in [4.78, 5) is 63.4. The van der Waals surface area contributed by atoms with Gasteiger partial charge in [-0.05, 0) is 37.3 Å². The lowest BCUT2D eigenvalue weighted by Crippen LogP contribution is -2.54. The van der Waals surface area contributed by atoms with Crippen molar-refractivity contribution < 1.29 is 55.1 Å². The van der Waals surface area contributed by atoms with Gasteiger partial charge in [0.15, 0.2) is 23.2 Å². The van der Waals surface area contributed by atoms with Crippen LogP contribution in [0.3, 0.4) is 0 Å². The molecule has 0 radical (unpaired) electrons. The average Bonchev–Trinajstić information content (AvgIpc) is 3.36. The van der Waals surface area contributed by atoms with Gasteiger partial charge in [-0.15, -0.1) is 0 Å². The molecule has 3 atom stereocenters. The Kier molecular flexibility index (Phi) is 11.3. The maximum atomic E-state index is 14.0. The lowest BCUT2D eigenvalue weighted by molar-refractivity contribution is -0.138. The summed E-state index contributed by atoms with van der Waals surface area (Å²) in [6.45, 7) is 2.43. The van der Waals surface area contributed by atoms with Gasteiger partial charge in [-0.25, -0.2) is 17.6 Å². The third-order valence-electron chi connectivity index (χ3n) is 6.53. The number of ether oxygens (including phenoxy) is 1. The van der Waals surface area contributed by atoms with E-state index in [-0.39, 0.29) is 37.8 Å². The molecular formula is C28H28F6N4O6. The first-order valence-electron chi connectivity index (χ1n) is 13.3. The van der Waals surface area contributed by atoms with E-state index in [9.17, 15) is 50.3 Å². The Balaban J connectivity index is 1.76. The maximum Gasteiger partial charge on any atom is 0.313 e. The summed E-state index contributed by atoms with van der Waals surface area (Å²) < 4.78 is 86.9. The summed E-state index contributed by atoms with van der Waals surface area (Å²) >= 11 is 0. The highest BCUT2D eigenvalue weighted by atomic mass is 19.2. The van der Waals surface area contributed by atoms with Crippen LogP contribution in [-0.4, -0.2) is 54.6 Å². The number of rotatable bonds is 12. The van der Waals surface area contributed by atoms with E-state index in [2.05, 4.69) is 16.0 Å². The lowest BCUT2D eigenvalue weighted by atomic mass is 9.95. The van der Waals surface area contributed by atoms with Gasteiger partial charge in [0.05, 0.1) is 11.7 Å². The van der Waals surface area contributed by atoms with Crippen LogP contribution in [-0.2, 0) is 24.0 Å². The van der Waals surface area contributed by atoms with Crippen LogP contribution >= 0.6 is 0 Å². The first kappa shape index (κ1) is 33.9. The standard InChI is InChI=1S/C28H28F6N4O6/c1-12(2)7-20(38-28(43)27(42)36-18-4-3-14(29)9-15(18)30)26(41)37-19(8-13-5-6-35-25(13)40)21(39)11-44-24-22(33)16(31)10-17(32)23(24)34/h3-4,9-10,12-13,19-20H,5-8,11H2,1-2H3,(H,35,40)(H,36,42)(H,37,41)(H,38,43)/t13-,19-,20-/m0/s1. The second-order valence-corrected chi connectivity index (χ2v) is 10.4. The van der Waals surface area contributed by atoms with Crippen LogP contribution in [0.4, 0.5) is 32.0 Å². The molecule has 10 nitrogen and oxygen atoms in total. The molecule has 0 bridgehead atoms. The Bertz CT molecular complexity index is 1430. The molecule has 2 aromatic rings. The van der Waals surface area contributed by atoms with Crippen molar-refractivity contribution >= 4 is 35.1 Å². The summed E-state index contributed by atoms with van der Waals surface area (Å²) in [5.41, 5.74) is -0.511. The molecule has 4 amide bonds. The van der Waals surface area contributed by atoms with Crippen molar-refractivity contribution in [3.63, 3.8) is 0 Å². The zero-order valence-electron chi connectivity index (χ0n) is 23.4. The van der Waals surface area contributed by atoms with Crippen LogP contribution < -0.4 is 26.0 Å². The van der Waals surface area contributed by atoms with Crippen LogP contribution in [0.1, 0.15) is 33.1 Å². The second kappa shape index (κ2) is 14.7. The van der Waals surface area contributed by atoms with E-state index < -0.39 is 100 Å². The fraction of sp³-hybridized carbons (Fsp3) is 0.393. The van der Waals surface area contributed by atoms with Gasteiger partial charge in [-0.3, -0.25) is 24.0 Å². The van der Waals surface area contributed by atoms with Crippen LogP contribution in [0, 0.1) is 46.7 Å². The minimum Gasteiger partial charge on any atom is -0.479 e. The van der Waals surface area contributed by atoms with Gasteiger partial charge in [0.2, 0.25) is 23.4 Å². The first-order valence-corrected chi connectivity index (χ1v) is 13.3. The van der Waals surface area contributed by atoms with Crippen LogP contribution in [0.5, 0.6) is 5.75 Å². The molecule has 0 aromatic heterocycles. The van der Waals surface area contributed by atoms with E-state index in [4.69, 9.17) is 4.74 Å². The minimum atomic E-state index is -1.90. The number of benzene rings is 2. The number of carbonyl (C=O) groups excluding carboxylic acids is 5. The molecule has 44 heavy (non-hydrogen) atoms. The molecule has 0 saturated carbocycles. The van der Waals surface area contributed by atoms with Crippen molar-refractivity contribution in [2.75, 3.05) is 18.5 Å². The number of carbonyl (C=O) groups is 5. The monoisotopic (exact) mass is 630 g/mol. The third-order valence-corrected chi connectivity index (χ3v) is 6.53. The van der Waals surface area contributed by atoms with Gasteiger partial charge in [-0.2, -0.15) is 8.78 Å². The predicted molar refractivity (Wildman–Crippen MR) is 141 cm³/mol. The van der Waals surface area contributed by atoms with E-state index in [1.807, 2.05) is 5.32 Å². The van der Waals surface area contributed by atoms with Crippen molar-refractivity contribution in [3.05, 3.63) is 59.2 Å². The number of nitrogens with one attached hydrogen (secondary N) is 4. The van der Waals surface area contributed by atoms with E-state index >= 15 is 0 Å². The van der Waals surface area contributed by atoms with Crippen molar-refractivity contribution in [1.82, 2.24) is 16.0 Å². The molecule has 0 unspecified atom stereocenters. The summed E-state index contributed by atoms with van der Waals surface area (Å²) in [5.74, 6) is -17.3. The molecule has 1 heterocycles. The molecule has 0 spiro atoms. The molecule has 1 aliphatic rings. The second-order valence-electron chi connectivity index (χ2n) is 10.4. The van der Waals surface area contributed by atoms with Crippen LogP contribution in [0.2, 0.25) is 0 Å². The van der Waals surface area contributed by atoms with Crippen molar-refractivity contribution in [2.45, 2.75) is 45.2 Å². The molecular weight excluding hydrogens is 602 g/mol. The van der Waals surface area contributed by atoms with Crippen LogP contribution in [0.15, 0.2) is 24.3 Å². The Morgan fingerprint density at radius 3 is 2.14 bits per heavy atom. The minimum absolute atomic E-state index is 0.0549. The zero-order chi connectivity index (χ0) is 32.7. The molecule has 3 rings (SSSR count). The Morgan fingerprint density at radius 2 is 1.57 bits per heavy atom. The van der Waals surface area contributed by atoms with Crippen molar-refractivity contribution in [3.8, 4) is 5.75 Å². The molecule has 1 aliphatic heterocycles. The van der Waals surface area contributed by atoms with E-state index in [0.29, 0.717) is 6.07 Å². The Labute approximate surface area is 246 Å². The number of anilines is 1.